The van der Waals surface area contributed by atoms with E-state index in [1.54, 1.807) is 25.3 Å². The standard InChI is InChI=1S/C11H13N3O3S/c1-16-10-4-7(5-15)2-3-9(10)17-6-8-11(12)18-14-13-8/h2-4,15H,5-6,12H2,1H3. The van der Waals surface area contributed by atoms with E-state index >= 15 is 0 Å². The summed E-state index contributed by atoms with van der Waals surface area (Å²) < 4.78 is 14.5. The number of ether oxygens (including phenoxy) is 2. The summed E-state index contributed by atoms with van der Waals surface area (Å²) in [6.07, 6.45) is 0. The molecule has 18 heavy (non-hydrogen) atoms. The first-order chi connectivity index (χ1) is 8.74. The van der Waals surface area contributed by atoms with Gasteiger partial charge in [-0.1, -0.05) is 10.6 Å². The molecule has 0 saturated heterocycles. The molecule has 0 aliphatic carbocycles. The number of nitrogen functional groups attached to an aromatic ring is 1. The van der Waals surface area contributed by atoms with Crippen molar-refractivity contribution in [2.24, 2.45) is 0 Å². The number of rotatable bonds is 5. The molecule has 2 aromatic rings. The normalized spacial score (nSPS) is 10.3. The van der Waals surface area contributed by atoms with E-state index in [1.165, 1.54) is 0 Å². The maximum atomic E-state index is 9.04. The largest absolute Gasteiger partial charge is 0.493 e. The van der Waals surface area contributed by atoms with E-state index in [4.69, 9.17) is 20.3 Å². The van der Waals surface area contributed by atoms with Gasteiger partial charge in [0.25, 0.3) is 0 Å². The first-order valence-electron chi connectivity index (χ1n) is 5.22. The van der Waals surface area contributed by atoms with E-state index in [1.807, 2.05) is 0 Å². The summed E-state index contributed by atoms with van der Waals surface area (Å²) in [6, 6.07) is 5.22. The minimum absolute atomic E-state index is 0.0421. The Balaban J connectivity index is 2.11. The van der Waals surface area contributed by atoms with Crippen molar-refractivity contribution in [3.05, 3.63) is 29.5 Å². The Morgan fingerprint density at radius 3 is 2.83 bits per heavy atom. The van der Waals surface area contributed by atoms with Gasteiger partial charge in [-0.25, -0.2) is 0 Å². The second-order valence-corrected chi connectivity index (χ2v) is 4.30. The van der Waals surface area contributed by atoms with Gasteiger partial charge in [-0.05, 0) is 17.7 Å². The molecule has 96 valence electrons. The van der Waals surface area contributed by atoms with Gasteiger partial charge >= 0.3 is 0 Å². The Labute approximate surface area is 108 Å². The van der Waals surface area contributed by atoms with Gasteiger partial charge in [0.2, 0.25) is 0 Å². The van der Waals surface area contributed by atoms with Gasteiger partial charge in [-0.2, -0.15) is 0 Å². The van der Waals surface area contributed by atoms with E-state index in [-0.39, 0.29) is 13.2 Å². The number of nitrogens with zero attached hydrogens (tertiary/aromatic N) is 2. The Kier molecular flexibility index (Phi) is 3.96. The van der Waals surface area contributed by atoms with Crippen LogP contribution in [-0.4, -0.2) is 21.8 Å². The average molecular weight is 267 g/mol. The molecule has 0 radical (unpaired) electrons. The third-order valence-corrected chi connectivity index (χ3v) is 2.96. The average Bonchev–Trinajstić information content (AvgIpc) is 2.81. The highest BCUT2D eigenvalue weighted by atomic mass is 32.1. The number of hydrogen-bond donors (Lipinski definition) is 2. The van der Waals surface area contributed by atoms with Crippen molar-refractivity contribution >= 4 is 16.5 Å². The lowest BCUT2D eigenvalue weighted by Crippen LogP contribution is -2.01. The Hall–Kier alpha value is -1.86. The summed E-state index contributed by atoms with van der Waals surface area (Å²) in [6.45, 7) is 0.191. The molecule has 0 unspecified atom stereocenters. The van der Waals surface area contributed by atoms with Crippen LogP contribution in [0.5, 0.6) is 11.5 Å². The number of aromatic nitrogens is 2. The summed E-state index contributed by atoms with van der Waals surface area (Å²) in [5, 5.41) is 13.4. The van der Waals surface area contributed by atoms with Crippen LogP contribution in [0.2, 0.25) is 0 Å². The minimum Gasteiger partial charge on any atom is -0.493 e. The maximum Gasteiger partial charge on any atom is 0.161 e. The zero-order valence-electron chi connectivity index (χ0n) is 9.79. The van der Waals surface area contributed by atoms with Crippen LogP contribution in [0.25, 0.3) is 0 Å². The third-order valence-electron chi connectivity index (χ3n) is 2.36. The molecule has 0 spiro atoms. The van der Waals surface area contributed by atoms with Crippen LogP contribution in [0.1, 0.15) is 11.3 Å². The van der Waals surface area contributed by atoms with E-state index in [0.717, 1.165) is 17.1 Å². The fourth-order valence-electron chi connectivity index (χ4n) is 1.39. The summed E-state index contributed by atoms with van der Waals surface area (Å²) in [5.74, 6) is 1.13. The van der Waals surface area contributed by atoms with E-state index in [9.17, 15) is 0 Å². The lowest BCUT2D eigenvalue weighted by atomic mass is 10.2. The van der Waals surface area contributed by atoms with Gasteiger partial charge < -0.3 is 20.3 Å². The maximum absolute atomic E-state index is 9.04. The molecule has 0 aliphatic heterocycles. The Bertz CT molecular complexity index is 530. The third kappa shape index (κ3) is 2.69. The van der Waals surface area contributed by atoms with E-state index < -0.39 is 0 Å². The van der Waals surface area contributed by atoms with E-state index in [2.05, 4.69) is 9.59 Å². The molecule has 1 aromatic carbocycles. The van der Waals surface area contributed by atoms with Crippen LogP contribution in [0, 0.1) is 0 Å². The highest BCUT2D eigenvalue weighted by Gasteiger charge is 2.09. The smallest absolute Gasteiger partial charge is 0.161 e. The predicted octanol–water partition coefficient (Wildman–Crippen LogP) is 1.20. The summed E-state index contributed by atoms with van der Waals surface area (Å²) in [5.41, 5.74) is 7.03. The second kappa shape index (κ2) is 5.65. The molecule has 1 heterocycles. The van der Waals surface area contributed by atoms with Crippen molar-refractivity contribution < 1.29 is 14.6 Å². The molecular weight excluding hydrogens is 254 g/mol. The molecule has 2 rings (SSSR count). The number of benzene rings is 1. The molecule has 1 aromatic heterocycles. The Morgan fingerprint density at radius 2 is 2.22 bits per heavy atom. The topological polar surface area (TPSA) is 90.5 Å². The van der Waals surface area contributed by atoms with Crippen molar-refractivity contribution in [1.29, 1.82) is 0 Å². The minimum atomic E-state index is -0.0421. The fraction of sp³-hybridized carbons (Fsp3) is 0.273. The number of aliphatic hydroxyl groups excluding tert-OH is 1. The number of methoxy groups -OCH3 is 1. The zero-order valence-corrected chi connectivity index (χ0v) is 10.6. The van der Waals surface area contributed by atoms with Crippen molar-refractivity contribution in [2.75, 3.05) is 12.8 Å². The van der Waals surface area contributed by atoms with Crippen LogP contribution in [-0.2, 0) is 13.2 Å². The van der Waals surface area contributed by atoms with Crippen LogP contribution < -0.4 is 15.2 Å². The summed E-state index contributed by atoms with van der Waals surface area (Å²) >= 11 is 1.13. The number of anilines is 1. The molecule has 0 amide bonds. The summed E-state index contributed by atoms with van der Waals surface area (Å²) in [4.78, 5) is 0. The van der Waals surface area contributed by atoms with Crippen molar-refractivity contribution in [3.63, 3.8) is 0 Å². The van der Waals surface area contributed by atoms with Crippen molar-refractivity contribution in [1.82, 2.24) is 9.59 Å². The number of hydrogen-bond acceptors (Lipinski definition) is 7. The van der Waals surface area contributed by atoms with Crippen LogP contribution in [0.15, 0.2) is 18.2 Å². The molecule has 0 aliphatic rings. The SMILES string of the molecule is COc1cc(CO)ccc1OCc1nnsc1N. The second-order valence-electron chi connectivity index (χ2n) is 3.52. The highest BCUT2D eigenvalue weighted by Crippen LogP contribution is 2.29. The fourth-order valence-corrected chi connectivity index (χ4v) is 1.82. The van der Waals surface area contributed by atoms with Crippen molar-refractivity contribution in [2.45, 2.75) is 13.2 Å². The van der Waals surface area contributed by atoms with Gasteiger partial charge in [0.05, 0.1) is 13.7 Å². The number of nitrogens with two attached hydrogens (primary N) is 1. The van der Waals surface area contributed by atoms with Gasteiger partial charge in [0.1, 0.15) is 17.3 Å². The molecule has 0 atom stereocenters. The van der Waals surface area contributed by atoms with Gasteiger partial charge in [0.15, 0.2) is 11.5 Å². The van der Waals surface area contributed by atoms with Crippen LogP contribution in [0.4, 0.5) is 5.00 Å². The molecule has 0 bridgehead atoms. The van der Waals surface area contributed by atoms with Crippen LogP contribution in [0.3, 0.4) is 0 Å². The lowest BCUT2D eigenvalue weighted by Gasteiger charge is -2.10. The van der Waals surface area contributed by atoms with Gasteiger partial charge in [-0.3, -0.25) is 0 Å². The summed E-state index contributed by atoms with van der Waals surface area (Å²) in [7, 11) is 1.54. The molecular formula is C11H13N3O3S. The lowest BCUT2D eigenvalue weighted by molar-refractivity contribution is 0.272. The number of aliphatic hydroxyl groups is 1. The molecule has 6 nitrogen and oxygen atoms in total. The molecule has 3 N–H and O–H groups in total. The molecule has 0 saturated carbocycles. The Morgan fingerprint density at radius 1 is 1.39 bits per heavy atom. The predicted molar refractivity (Wildman–Crippen MR) is 67.6 cm³/mol. The van der Waals surface area contributed by atoms with Crippen molar-refractivity contribution in [3.8, 4) is 11.5 Å². The molecule has 7 heteroatoms. The van der Waals surface area contributed by atoms with Crippen LogP contribution >= 0.6 is 11.5 Å². The monoisotopic (exact) mass is 267 g/mol. The first-order valence-corrected chi connectivity index (χ1v) is 5.99. The first kappa shape index (κ1) is 12.6. The highest BCUT2D eigenvalue weighted by molar-refractivity contribution is 7.09. The molecule has 0 fully saturated rings. The quantitative estimate of drug-likeness (QED) is 0.846. The van der Waals surface area contributed by atoms with Gasteiger partial charge in [-0.15, -0.1) is 5.10 Å². The zero-order chi connectivity index (χ0) is 13.0. The van der Waals surface area contributed by atoms with Gasteiger partial charge in [0, 0.05) is 11.5 Å². The van der Waals surface area contributed by atoms with E-state index in [0.29, 0.717) is 22.2 Å².